The highest BCUT2D eigenvalue weighted by Gasteiger charge is 2.27. The van der Waals surface area contributed by atoms with Crippen LogP contribution in [0.2, 0.25) is 5.02 Å². The van der Waals surface area contributed by atoms with E-state index in [1.807, 2.05) is 4.57 Å². The Labute approximate surface area is 166 Å². The summed E-state index contributed by atoms with van der Waals surface area (Å²) in [5.41, 5.74) is 1.55. The summed E-state index contributed by atoms with van der Waals surface area (Å²) in [6, 6.07) is 10.5. The third kappa shape index (κ3) is 3.66. The van der Waals surface area contributed by atoms with Gasteiger partial charge < -0.3 is 19.6 Å². The molecule has 1 aliphatic rings. The summed E-state index contributed by atoms with van der Waals surface area (Å²) >= 11 is 6.13. The van der Waals surface area contributed by atoms with Gasteiger partial charge >= 0.3 is 0 Å². The zero-order valence-electron chi connectivity index (χ0n) is 15.1. The van der Waals surface area contributed by atoms with Gasteiger partial charge in [0.25, 0.3) is 11.8 Å². The van der Waals surface area contributed by atoms with Crippen LogP contribution in [0.3, 0.4) is 0 Å². The zero-order chi connectivity index (χ0) is 19.5. The second-order valence-electron chi connectivity index (χ2n) is 6.54. The Morgan fingerprint density at radius 2 is 2.00 bits per heavy atom. The van der Waals surface area contributed by atoms with Crippen LogP contribution in [0.1, 0.15) is 45.4 Å². The maximum Gasteiger partial charge on any atom is 0.287 e. The van der Waals surface area contributed by atoms with Crippen LogP contribution in [0.4, 0.5) is 5.69 Å². The van der Waals surface area contributed by atoms with Crippen molar-refractivity contribution in [3.8, 4) is 0 Å². The minimum Gasteiger partial charge on any atom is -0.467 e. The van der Waals surface area contributed by atoms with Gasteiger partial charge in [-0.1, -0.05) is 23.7 Å². The molecule has 7 nitrogen and oxygen atoms in total. The number of amides is 2. The second-order valence-corrected chi connectivity index (χ2v) is 6.94. The van der Waals surface area contributed by atoms with E-state index in [1.165, 1.54) is 0 Å². The molecule has 3 aromatic rings. The highest BCUT2D eigenvalue weighted by atomic mass is 35.5. The molecule has 144 valence electrons. The van der Waals surface area contributed by atoms with Crippen LogP contribution in [-0.4, -0.2) is 21.4 Å². The first kappa shape index (κ1) is 18.3. The maximum atomic E-state index is 12.8. The lowest BCUT2D eigenvalue weighted by Crippen LogP contribution is -2.27. The number of imidazole rings is 1. The molecule has 8 heteroatoms. The van der Waals surface area contributed by atoms with Crippen LogP contribution < -0.4 is 10.6 Å². The van der Waals surface area contributed by atoms with Crippen molar-refractivity contribution in [2.75, 3.05) is 5.32 Å². The molecule has 0 unspecified atom stereocenters. The molecule has 2 N–H and O–H groups in total. The largest absolute Gasteiger partial charge is 0.467 e. The van der Waals surface area contributed by atoms with Crippen LogP contribution >= 0.6 is 11.6 Å². The minimum atomic E-state index is -0.371. The van der Waals surface area contributed by atoms with Gasteiger partial charge in [0.2, 0.25) is 0 Å². The Hall–Kier alpha value is -3.06. The number of carbonyl (C=O) groups is 2. The fraction of sp³-hybridized carbons (Fsp3) is 0.250. The van der Waals surface area contributed by atoms with E-state index in [-0.39, 0.29) is 29.9 Å². The lowest BCUT2D eigenvalue weighted by atomic mass is 10.1. The summed E-state index contributed by atoms with van der Waals surface area (Å²) in [6.45, 7) is 0.917. The Kier molecular flexibility index (Phi) is 5.16. The van der Waals surface area contributed by atoms with E-state index in [0.717, 1.165) is 18.5 Å². The van der Waals surface area contributed by atoms with Crippen molar-refractivity contribution in [1.29, 1.82) is 0 Å². The SMILES string of the molecule is O=C(Nc1ccccc1Cl)c1nc(C(=O)NCc2ccco2)n2c1CCCC2. The van der Waals surface area contributed by atoms with Gasteiger partial charge in [-0.15, -0.1) is 0 Å². The predicted octanol–water partition coefficient (Wildman–Crippen LogP) is 3.65. The van der Waals surface area contributed by atoms with Crippen molar-refractivity contribution < 1.29 is 14.0 Å². The first-order valence-corrected chi connectivity index (χ1v) is 9.47. The van der Waals surface area contributed by atoms with Crippen LogP contribution in [-0.2, 0) is 19.5 Å². The number of rotatable bonds is 5. The number of carbonyl (C=O) groups excluding carboxylic acids is 2. The van der Waals surface area contributed by atoms with E-state index < -0.39 is 0 Å². The van der Waals surface area contributed by atoms with E-state index in [2.05, 4.69) is 15.6 Å². The van der Waals surface area contributed by atoms with Crippen molar-refractivity contribution in [2.45, 2.75) is 32.4 Å². The first-order valence-electron chi connectivity index (χ1n) is 9.09. The summed E-state index contributed by atoms with van der Waals surface area (Å²) in [5, 5.41) is 6.03. The molecular weight excluding hydrogens is 380 g/mol. The summed E-state index contributed by atoms with van der Waals surface area (Å²) in [4.78, 5) is 29.9. The molecule has 0 radical (unpaired) electrons. The number of nitrogens with zero attached hydrogens (tertiary/aromatic N) is 2. The summed E-state index contributed by atoms with van der Waals surface area (Å²) in [5.74, 6) is 0.182. The number of aromatic nitrogens is 2. The minimum absolute atomic E-state index is 0.241. The lowest BCUT2D eigenvalue weighted by molar-refractivity contribution is 0.0932. The van der Waals surface area contributed by atoms with Crippen LogP contribution in [0.25, 0.3) is 0 Å². The molecule has 0 saturated heterocycles. The number of hydrogen-bond acceptors (Lipinski definition) is 4. The highest BCUT2D eigenvalue weighted by molar-refractivity contribution is 6.33. The molecule has 0 saturated carbocycles. The van der Waals surface area contributed by atoms with Crippen molar-refractivity contribution >= 4 is 29.1 Å². The molecule has 28 heavy (non-hydrogen) atoms. The number of halogens is 1. The third-order valence-electron chi connectivity index (χ3n) is 4.66. The van der Waals surface area contributed by atoms with Crippen LogP contribution in [0, 0.1) is 0 Å². The van der Waals surface area contributed by atoms with E-state index in [1.54, 1.807) is 42.7 Å². The normalized spacial score (nSPS) is 13.0. The topological polar surface area (TPSA) is 89.2 Å². The Morgan fingerprint density at radius 3 is 2.79 bits per heavy atom. The number of para-hydroxylation sites is 1. The molecule has 1 aliphatic heterocycles. The molecule has 0 fully saturated rings. The van der Waals surface area contributed by atoms with E-state index in [4.69, 9.17) is 16.0 Å². The van der Waals surface area contributed by atoms with Gasteiger partial charge in [0.1, 0.15) is 5.76 Å². The molecule has 4 rings (SSSR count). The molecule has 2 aromatic heterocycles. The molecule has 0 bridgehead atoms. The van der Waals surface area contributed by atoms with Gasteiger partial charge in [0.05, 0.1) is 29.2 Å². The fourth-order valence-corrected chi connectivity index (χ4v) is 3.48. The van der Waals surface area contributed by atoms with Crippen molar-refractivity contribution in [3.05, 3.63) is 70.7 Å². The van der Waals surface area contributed by atoms with Crippen molar-refractivity contribution in [2.24, 2.45) is 0 Å². The summed E-state index contributed by atoms with van der Waals surface area (Å²) in [7, 11) is 0. The van der Waals surface area contributed by atoms with Crippen LogP contribution in [0.15, 0.2) is 47.1 Å². The molecular formula is C20H19ClN4O3. The number of nitrogens with one attached hydrogen (secondary N) is 2. The lowest BCUT2D eigenvalue weighted by Gasteiger charge is -2.17. The van der Waals surface area contributed by atoms with E-state index >= 15 is 0 Å². The van der Waals surface area contributed by atoms with Gasteiger partial charge in [0.15, 0.2) is 11.5 Å². The molecule has 2 amide bonds. The van der Waals surface area contributed by atoms with Crippen molar-refractivity contribution in [1.82, 2.24) is 14.9 Å². The fourth-order valence-electron chi connectivity index (χ4n) is 3.30. The Bertz CT molecular complexity index is 1010. The van der Waals surface area contributed by atoms with Gasteiger partial charge in [-0.2, -0.15) is 0 Å². The first-order chi connectivity index (χ1) is 13.6. The third-order valence-corrected chi connectivity index (χ3v) is 4.99. The standard InChI is InChI=1S/C20H19ClN4O3/c21-14-7-1-2-8-15(14)23-19(26)17-16-9-3-4-10-25(16)18(24-17)20(27)22-12-13-6-5-11-28-13/h1-2,5-8,11H,3-4,9-10,12H2,(H,22,27)(H,23,26). The van der Waals surface area contributed by atoms with E-state index in [9.17, 15) is 9.59 Å². The number of benzene rings is 1. The summed E-state index contributed by atoms with van der Waals surface area (Å²) < 4.78 is 7.07. The molecule has 0 atom stereocenters. The average molecular weight is 399 g/mol. The highest BCUT2D eigenvalue weighted by Crippen LogP contribution is 2.24. The average Bonchev–Trinajstić information content (AvgIpc) is 3.36. The molecule has 3 heterocycles. The quantitative estimate of drug-likeness (QED) is 0.686. The van der Waals surface area contributed by atoms with Crippen LogP contribution in [0.5, 0.6) is 0 Å². The molecule has 1 aromatic carbocycles. The Morgan fingerprint density at radius 1 is 1.14 bits per heavy atom. The smallest absolute Gasteiger partial charge is 0.287 e. The molecule has 0 spiro atoms. The van der Waals surface area contributed by atoms with Gasteiger partial charge in [-0.25, -0.2) is 4.98 Å². The van der Waals surface area contributed by atoms with Gasteiger partial charge in [-0.3, -0.25) is 9.59 Å². The zero-order valence-corrected chi connectivity index (χ0v) is 15.8. The molecule has 0 aliphatic carbocycles. The number of furan rings is 1. The number of fused-ring (bicyclic) bond motifs is 1. The second kappa shape index (κ2) is 7.90. The van der Waals surface area contributed by atoms with Crippen molar-refractivity contribution in [3.63, 3.8) is 0 Å². The van der Waals surface area contributed by atoms with E-state index in [0.29, 0.717) is 29.4 Å². The van der Waals surface area contributed by atoms with Gasteiger partial charge in [-0.05, 0) is 43.5 Å². The van der Waals surface area contributed by atoms with Gasteiger partial charge in [0, 0.05) is 6.54 Å². The predicted molar refractivity (Wildman–Crippen MR) is 104 cm³/mol. The summed E-state index contributed by atoms with van der Waals surface area (Å²) in [6.07, 6.45) is 4.14. The number of anilines is 1. The maximum absolute atomic E-state index is 12.8. The Balaban J connectivity index is 1.58. The monoisotopic (exact) mass is 398 g/mol. The number of hydrogen-bond donors (Lipinski definition) is 2.